The van der Waals surface area contributed by atoms with Crippen molar-refractivity contribution in [2.75, 3.05) is 26.7 Å². The summed E-state index contributed by atoms with van der Waals surface area (Å²) in [6.45, 7) is 4.21. The van der Waals surface area contributed by atoms with Crippen molar-refractivity contribution in [2.45, 2.75) is 45.4 Å². The van der Waals surface area contributed by atoms with E-state index in [9.17, 15) is 9.59 Å². The summed E-state index contributed by atoms with van der Waals surface area (Å²) in [4.78, 5) is 37.5. The second-order valence-electron chi connectivity index (χ2n) is 7.81. The van der Waals surface area contributed by atoms with Crippen molar-refractivity contribution in [2.24, 2.45) is 5.92 Å². The highest BCUT2D eigenvalue weighted by molar-refractivity contribution is 7.09. The number of thiazole rings is 1. The number of hydrogen-bond donors (Lipinski definition) is 0. The number of likely N-dealkylation sites (N-methyl/N-ethyl adjacent to an activating group) is 1. The SMILES string of the molecule is Cc1nc(CC(=O)N2CCCC(CCC(=O)N(C)CCc3ccccn3)C2)cs1. The Bertz CT molecular complexity index is 808. The van der Waals surface area contributed by atoms with E-state index >= 15 is 0 Å². The summed E-state index contributed by atoms with van der Waals surface area (Å²) in [5.74, 6) is 0.721. The van der Waals surface area contributed by atoms with Crippen LogP contribution < -0.4 is 0 Å². The molecule has 3 heterocycles. The van der Waals surface area contributed by atoms with Crippen molar-refractivity contribution in [3.8, 4) is 0 Å². The molecule has 7 heteroatoms. The lowest BCUT2D eigenvalue weighted by Gasteiger charge is -2.33. The number of aryl methyl sites for hydroxylation is 1. The number of pyridine rings is 1. The number of amides is 2. The van der Waals surface area contributed by atoms with Gasteiger partial charge in [-0.2, -0.15) is 0 Å². The fourth-order valence-electron chi connectivity index (χ4n) is 3.75. The molecule has 1 atom stereocenters. The molecule has 29 heavy (non-hydrogen) atoms. The van der Waals surface area contributed by atoms with Crippen LogP contribution in [0.2, 0.25) is 0 Å². The predicted molar refractivity (Wildman–Crippen MR) is 115 cm³/mol. The van der Waals surface area contributed by atoms with Gasteiger partial charge in [-0.3, -0.25) is 14.6 Å². The van der Waals surface area contributed by atoms with Crippen molar-refractivity contribution in [1.29, 1.82) is 0 Å². The van der Waals surface area contributed by atoms with Gasteiger partial charge in [0.1, 0.15) is 0 Å². The topological polar surface area (TPSA) is 66.4 Å². The molecule has 2 amide bonds. The molecule has 156 valence electrons. The summed E-state index contributed by atoms with van der Waals surface area (Å²) in [6.07, 6.45) is 6.41. The second-order valence-corrected chi connectivity index (χ2v) is 8.87. The van der Waals surface area contributed by atoms with Crippen LogP contribution in [0.1, 0.15) is 42.1 Å². The number of carbonyl (C=O) groups is 2. The van der Waals surface area contributed by atoms with Crippen molar-refractivity contribution in [3.63, 3.8) is 0 Å². The minimum Gasteiger partial charge on any atom is -0.345 e. The van der Waals surface area contributed by atoms with Crippen molar-refractivity contribution >= 4 is 23.2 Å². The van der Waals surface area contributed by atoms with Crippen LogP contribution in [-0.4, -0.2) is 58.3 Å². The summed E-state index contributed by atoms with van der Waals surface area (Å²) in [6, 6.07) is 5.85. The van der Waals surface area contributed by atoms with Crippen LogP contribution in [0.15, 0.2) is 29.8 Å². The molecular formula is C22H30N4O2S. The smallest absolute Gasteiger partial charge is 0.228 e. The molecule has 1 aliphatic rings. The molecule has 2 aromatic rings. The average molecular weight is 415 g/mol. The van der Waals surface area contributed by atoms with E-state index in [1.165, 1.54) is 0 Å². The van der Waals surface area contributed by atoms with Crippen molar-refractivity contribution < 1.29 is 9.59 Å². The lowest BCUT2D eigenvalue weighted by molar-refractivity contribution is -0.132. The lowest BCUT2D eigenvalue weighted by Crippen LogP contribution is -2.41. The summed E-state index contributed by atoms with van der Waals surface area (Å²) in [7, 11) is 1.86. The second kappa shape index (κ2) is 10.5. The Morgan fingerprint density at radius 2 is 2.17 bits per heavy atom. The van der Waals surface area contributed by atoms with Gasteiger partial charge in [0.25, 0.3) is 0 Å². The molecule has 0 aromatic carbocycles. The zero-order chi connectivity index (χ0) is 20.6. The molecule has 0 aliphatic carbocycles. The van der Waals surface area contributed by atoms with E-state index in [1.807, 2.05) is 42.5 Å². The van der Waals surface area contributed by atoms with Gasteiger partial charge in [-0.15, -0.1) is 11.3 Å². The third-order valence-electron chi connectivity index (χ3n) is 5.49. The minimum atomic E-state index is 0.152. The van der Waals surface area contributed by atoms with Gasteiger partial charge in [-0.1, -0.05) is 6.07 Å². The van der Waals surface area contributed by atoms with Gasteiger partial charge in [-0.05, 0) is 44.2 Å². The Kier molecular flexibility index (Phi) is 7.75. The number of piperidine rings is 1. The highest BCUT2D eigenvalue weighted by Crippen LogP contribution is 2.22. The first-order valence-electron chi connectivity index (χ1n) is 10.3. The largest absolute Gasteiger partial charge is 0.345 e. The minimum absolute atomic E-state index is 0.152. The Balaban J connectivity index is 1.40. The molecule has 3 rings (SSSR count). The molecule has 1 fully saturated rings. The first-order valence-corrected chi connectivity index (χ1v) is 11.2. The quantitative estimate of drug-likeness (QED) is 0.666. The zero-order valence-electron chi connectivity index (χ0n) is 17.3. The summed E-state index contributed by atoms with van der Waals surface area (Å²) < 4.78 is 0. The van der Waals surface area contributed by atoms with Crippen molar-refractivity contribution in [1.82, 2.24) is 19.8 Å². The lowest BCUT2D eigenvalue weighted by atomic mass is 9.93. The highest BCUT2D eigenvalue weighted by atomic mass is 32.1. The van der Waals surface area contributed by atoms with Gasteiger partial charge in [-0.25, -0.2) is 4.98 Å². The average Bonchev–Trinajstić information content (AvgIpc) is 3.15. The molecule has 1 unspecified atom stereocenters. The number of carbonyl (C=O) groups excluding carboxylic acids is 2. The summed E-state index contributed by atoms with van der Waals surface area (Å²) in [5, 5.41) is 2.96. The first kappa shape index (κ1) is 21.4. The fourth-order valence-corrected chi connectivity index (χ4v) is 4.37. The van der Waals surface area contributed by atoms with Crippen LogP contribution in [-0.2, 0) is 22.4 Å². The molecule has 1 aliphatic heterocycles. The first-order chi connectivity index (χ1) is 14.0. The maximum absolute atomic E-state index is 12.6. The Hall–Kier alpha value is -2.28. The molecule has 0 N–H and O–H groups in total. The van der Waals surface area contributed by atoms with Crippen LogP contribution in [0.25, 0.3) is 0 Å². The number of hydrogen-bond acceptors (Lipinski definition) is 5. The maximum atomic E-state index is 12.6. The van der Waals surface area contributed by atoms with Gasteiger partial charge in [0.15, 0.2) is 0 Å². The van der Waals surface area contributed by atoms with Crippen LogP contribution in [0.4, 0.5) is 0 Å². The molecule has 0 bridgehead atoms. The number of nitrogens with zero attached hydrogens (tertiary/aromatic N) is 4. The standard InChI is InChI=1S/C22H30N4O2S/c1-17-24-20(16-29-17)14-22(28)26-12-5-6-18(15-26)8-9-21(27)25(2)13-10-19-7-3-4-11-23-19/h3-4,7,11,16,18H,5-6,8-10,12-15H2,1-2H3. The zero-order valence-corrected chi connectivity index (χ0v) is 18.2. The molecule has 2 aromatic heterocycles. The fraction of sp³-hybridized carbons (Fsp3) is 0.545. The van der Waals surface area contributed by atoms with E-state index < -0.39 is 0 Å². The van der Waals surface area contributed by atoms with Crippen LogP contribution in [0.3, 0.4) is 0 Å². The third-order valence-corrected chi connectivity index (χ3v) is 6.31. The summed E-state index contributed by atoms with van der Waals surface area (Å²) in [5.41, 5.74) is 1.87. The molecular weight excluding hydrogens is 384 g/mol. The van der Waals surface area contributed by atoms with Gasteiger partial charge in [0, 0.05) is 56.8 Å². The maximum Gasteiger partial charge on any atom is 0.228 e. The Morgan fingerprint density at radius 1 is 1.31 bits per heavy atom. The third kappa shape index (κ3) is 6.63. The van der Waals surface area contributed by atoms with Gasteiger partial charge in [0.2, 0.25) is 11.8 Å². The molecule has 0 saturated carbocycles. The molecule has 6 nitrogen and oxygen atoms in total. The molecule has 0 radical (unpaired) electrons. The normalized spacial score (nSPS) is 16.6. The van der Waals surface area contributed by atoms with Gasteiger partial charge < -0.3 is 9.80 Å². The number of likely N-dealkylation sites (tertiary alicyclic amines) is 1. The summed E-state index contributed by atoms with van der Waals surface area (Å²) >= 11 is 1.58. The van der Waals surface area contributed by atoms with Crippen molar-refractivity contribution in [3.05, 3.63) is 46.2 Å². The highest BCUT2D eigenvalue weighted by Gasteiger charge is 2.25. The number of rotatable bonds is 8. The Labute approximate surface area is 177 Å². The van der Waals surface area contributed by atoms with E-state index in [1.54, 1.807) is 22.4 Å². The van der Waals surface area contributed by atoms with Crippen LogP contribution in [0.5, 0.6) is 0 Å². The van der Waals surface area contributed by atoms with Crippen LogP contribution in [0, 0.1) is 12.8 Å². The Morgan fingerprint density at radius 3 is 2.90 bits per heavy atom. The van der Waals surface area contributed by atoms with Crippen LogP contribution >= 0.6 is 11.3 Å². The van der Waals surface area contributed by atoms with E-state index in [0.29, 0.717) is 25.3 Å². The monoisotopic (exact) mass is 414 g/mol. The predicted octanol–water partition coefficient (Wildman–Crippen LogP) is 3.11. The van der Waals surface area contributed by atoms with E-state index in [4.69, 9.17) is 0 Å². The van der Waals surface area contributed by atoms with E-state index in [2.05, 4.69) is 9.97 Å². The van der Waals surface area contributed by atoms with E-state index in [0.717, 1.165) is 55.2 Å². The van der Waals surface area contributed by atoms with E-state index in [-0.39, 0.29) is 11.8 Å². The van der Waals surface area contributed by atoms with Gasteiger partial charge >= 0.3 is 0 Å². The van der Waals surface area contributed by atoms with Gasteiger partial charge in [0.05, 0.1) is 17.1 Å². The molecule has 0 spiro atoms. The molecule has 1 saturated heterocycles. The number of aromatic nitrogens is 2.